The summed E-state index contributed by atoms with van der Waals surface area (Å²) in [4.78, 5) is 0. The maximum Gasteiger partial charge on any atom is 0.0467 e. The molecule has 1 aromatic carbocycles. The summed E-state index contributed by atoms with van der Waals surface area (Å²) in [6, 6.07) is 10.3. The predicted molar refractivity (Wildman–Crippen MR) is 71.6 cm³/mol. The van der Waals surface area contributed by atoms with E-state index in [0.717, 1.165) is 18.0 Å². The lowest BCUT2D eigenvalue weighted by Crippen LogP contribution is -2.42. The van der Waals surface area contributed by atoms with Gasteiger partial charge in [0.05, 0.1) is 0 Å². The molecular formula is C14H24N2. The van der Waals surface area contributed by atoms with Gasteiger partial charge < -0.3 is 11.1 Å². The molecule has 0 bridgehead atoms. The van der Waals surface area contributed by atoms with Crippen molar-refractivity contribution >= 4 is 5.69 Å². The van der Waals surface area contributed by atoms with E-state index >= 15 is 0 Å². The van der Waals surface area contributed by atoms with E-state index in [4.69, 9.17) is 5.73 Å². The predicted octanol–water partition coefficient (Wildman–Crippen LogP) is 3.25. The van der Waals surface area contributed by atoms with Gasteiger partial charge in [0.25, 0.3) is 0 Å². The Morgan fingerprint density at radius 3 is 2.38 bits per heavy atom. The lowest BCUT2D eigenvalue weighted by atomic mass is 9.91. The van der Waals surface area contributed by atoms with Crippen LogP contribution in [0.15, 0.2) is 30.3 Å². The Bertz CT molecular complexity index is 295. The molecule has 16 heavy (non-hydrogen) atoms. The van der Waals surface area contributed by atoms with Gasteiger partial charge in [-0.05, 0) is 37.8 Å². The van der Waals surface area contributed by atoms with E-state index in [1.54, 1.807) is 0 Å². The normalized spacial score (nSPS) is 14.8. The van der Waals surface area contributed by atoms with Gasteiger partial charge in [-0.3, -0.25) is 0 Å². The van der Waals surface area contributed by atoms with Crippen LogP contribution in [0.2, 0.25) is 0 Å². The molecule has 0 fully saturated rings. The fourth-order valence-electron chi connectivity index (χ4n) is 1.69. The number of rotatable bonds is 6. The third-order valence-electron chi connectivity index (χ3n) is 2.94. The summed E-state index contributed by atoms with van der Waals surface area (Å²) >= 11 is 0. The molecular weight excluding hydrogens is 196 g/mol. The highest BCUT2D eigenvalue weighted by molar-refractivity contribution is 5.45. The van der Waals surface area contributed by atoms with Gasteiger partial charge in [0, 0.05) is 17.8 Å². The van der Waals surface area contributed by atoms with Crippen molar-refractivity contribution in [3.05, 3.63) is 30.3 Å². The van der Waals surface area contributed by atoms with E-state index in [1.807, 2.05) is 18.2 Å². The zero-order chi connectivity index (χ0) is 12.0. The summed E-state index contributed by atoms with van der Waals surface area (Å²) in [5, 5.41) is 3.54. The smallest absolute Gasteiger partial charge is 0.0467 e. The average Bonchev–Trinajstić information content (AvgIpc) is 2.28. The molecule has 1 aromatic rings. The van der Waals surface area contributed by atoms with E-state index in [1.165, 1.54) is 6.42 Å². The maximum absolute atomic E-state index is 5.88. The molecule has 1 rings (SSSR count). The van der Waals surface area contributed by atoms with Gasteiger partial charge in [-0.1, -0.05) is 32.0 Å². The van der Waals surface area contributed by atoms with Crippen molar-refractivity contribution in [3.8, 4) is 0 Å². The summed E-state index contributed by atoms with van der Waals surface area (Å²) in [7, 11) is 0. The minimum absolute atomic E-state index is 0.00558. The van der Waals surface area contributed by atoms with E-state index < -0.39 is 0 Å². The highest BCUT2D eigenvalue weighted by Crippen LogP contribution is 2.21. The number of nitrogens with two attached hydrogens (primary N) is 1. The van der Waals surface area contributed by atoms with Crippen LogP contribution in [0.3, 0.4) is 0 Å². The standard InChI is InChI=1S/C14H24N2/c1-12(2)9-10-14(3,11-15)16-13-7-5-4-6-8-13/h4-8,12,16H,9-11,15H2,1-3H3. The number of hydrogen-bond acceptors (Lipinski definition) is 2. The number of para-hydroxylation sites is 1. The molecule has 90 valence electrons. The quantitative estimate of drug-likeness (QED) is 0.772. The molecule has 0 saturated carbocycles. The van der Waals surface area contributed by atoms with Crippen LogP contribution in [-0.4, -0.2) is 12.1 Å². The third-order valence-corrected chi connectivity index (χ3v) is 2.94. The van der Waals surface area contributed by atoms with Crippen molar-refractivity contribution in [2.75, 3.05) is 11.9 Å². The minimum Gasteiger partial charge on any atom is -0.379 e. The minimum atomic E-state index is 0.00558. The molecule has 0 saturated heterocycles. The molecule has 1 unspecified atom stereocenters. The van der Waals surface area contributed by atoms with Crippen LogP contribution in [-0.2, 0) is 0 Å². The van der Waals surface area contributed by atoms with Gasteiger partial charge in [-0.2, -0.15) is 0 Å². The van der Waals surface area contributed by atoms with Crippen LogP contribution in [0.5, 0.6) is 0 Å². The molecule has 0 heterocycles. The Kier molecular flexibility index (Phi) is 4.81. The van der Waals surface area contributed by atoms with Gasteiger partial charge in [-0.15, -0.1) is 0 Å². The molecule has 2 heteroatoms. The topological polar surface area (TPSA) is 38.0 Å². The molecule has 0 aromatic heterocycles. The Balaban J connectivity index is 2.59. The van der Waals surface area contributed by atoms with E-state index in [-0.39, 0.29) is 5.54 Å². The van der Waals surface area contributed by atoms with Gasteiger partial charge in [0.1, 0.15) is 0 Å². The van der Waals surface area contributed by atoms with Gasteiger partial charge in [0.2, 0.25) is 0 Å². The third kappa shape index (κ3) is 4.23. The summed E-state index contributed by atoms with van der Waals surface area (Å²) < 4.78 is 0. The summed E-state index contributed by atoms with van der Waals surface area (Å²) in [5.41, 5.74) is 7.04. The van der Waals surface area contributed by atoms with Gasteiger partial charge in [0.15, 0.2) is 0 Å². The fourth-order valence-corrected chi connectivity index (χ4v) is 1.69. The number of hydrogen-bond donors (Lipinski definition) is 2. The lowest BCUT2D eigenvalue weighted by Gasteiger charge is -2.31. The summed E-state index contributed by atoms with van der Waals surface area (Å²) in [6.45, 7) is 7.36. The molecule has 3 N–H and O–H groups in total. The SMILES string of the molecule is CC(C)CCC(C)(CN)Nc1ccccc1. The lowest BCUT2D eigenvalue weighted by molar-refractivity contribution is 0.420. The molecule has 0 aliphatic rings. The molecule has 0 aliphatic carbocycles. The number of nitrogens with one attached hydrogen (secondary N) is 1. The molecule has 2 nitrogen and oxygen atoms in total. The second kappa shape index (κ2) is 5.90. The van der Waals surface area contributed by atoms with Gasteiger partial charge in [-0.25, -0.2) is 0 Å². The van der Waals surface area contributed by atoms with Crippen LogP contribution in [0.1, 0.15) is 33.6 Å². The van der Waals surface area contributed by atoms with Crippen molar-refractivity contribution in [2.45, 2.75) is 39.2 Å². The van der Waals surface area contributed by atoms with Crippen molar-refractivity contribution in [3.63, 3.8) is 0 Å². The van der Waals surface area contributed by atoms with E-state index in [9.17, 15) is 0 Å². The fraction of sp³-hybridized carbons (Fsp3) is 0.571. The molecule has 0 spiro atoms. The first-order valence-electron chi connectivity index (χ1n) is 6.09. The first-order chi connectivity index (χ1) is 7.56. The van der Waals surface area contributed by atoms with Crippen LogP contribution >= 0.6 is 0 Å². The Labute approximate surface area is 99.2 Å². The van der Waals surface area contributed by atoms with Crippen molar-refractivity contribution in [1.82, 2.24) is 0 Å². The molecule has 0 radical (unpaired) electrons. The van der Waals surface area contributed by atoms with Crippen molar-refractivity contribution < 1.29 is 0 Å². The largest absolute Gasteiger partial charge is 0.379 e. The average molecular weight is 220 g/mol. The van der Waals surface area contributed by atoms with E-state index in [2.05, 4.69) is 38.2 Å². The summed E-state index contributed by atoms with van der Waals surface area (Å²) in [5.74, 6) is 0.725. The van der Waals surface area contributed by atoms with Crippen molar-refractivity contribution in [1.29, 1.82) is 0 Å². The van der Waals surface area contributed by atoms with E-state index in [0.29, 0.717) is 6.54 Å². The Morgan fingerprint density at radius 2 is 1.88 bits per heavy atom. The monoisotopic (exact) mass is 220 g/mol. The highest BCUT2D eigenvalue weighted by Gasteiger charge is 2.21. The maximum atomic E-state index is 5.88. The number of benzene rings is 1. The molecule has 0 aliphatic heterocycles. The Hall–Kier alpha value is -1.02. The first kappa shape index (κ1) is 13.0. The van der Waals surface area contributed by atoms with Crippen LogP contribution in [0, 0.1) is 5.92 Å². The second-order valence-electron chi connectivity index (χ2n) is 5.19. The molecule has 0 amide bonds. The first-order valence-corrected chi connectivity index (χ1v) is 6.09. The molecule has 1 atom stereocenters. The van der Waals surface area contributed by atoms with Crippen LogP contribution in [0.25, 0.3) is 0 Å². The highest BCUT2D eigenvalue weighted by atomic mass is 15.0. The Morgan fingerprint density at radius 1 is 1.25 bits per heavy atom. The van der Waals surface area contributed by atoms with Crippen LogP contribution < -0.4 is 11.1 Å². The van der Waals surface area contributed by atoms with Crippen LogP contribution in [0.4, 0.5) is 5.69 Å². The summed E-state index contributed by atoms with van der Waals surface area (Å²) in [6.07, 6.45) is 2.31. The number of anilines is 1. The van der Waals surface area contributed by atoms with Gasteiger partial charge >= 0.3 is 0 Å². The van der Waals surface area contributed by atoms with Crippen molar-refractivity contribution in [2.24, 2.45) is 11.7 Å². The zero-order valence-electron chi connectivity index (χ0n) is 10.7. The zero-order valence-corrected chi connectivity index (χ0v) is 10.7. The second-order valence-corrected chi connectivity index (χ2v) is 5.19.